The average molecular weight is 464 g/mol. The topological polar surface area (TPSA) is 158 Å². The maximum Gasteiger partial charge on any atom is 0.335 e. The van der Waals surface area contributed by atoms with Crippen molar-refractivity contribution in [2.24, 2.45) is 19.1 Å². The zero-order chi connectivity index (χ0) is 24.7. The van der Waals surface area contributed by atoms with Crippen LogP contribution in [0.1, 0.15) is 18.1 Å². The zero-order valence-electron chi connectivity index (χ0n) is 18.5. The Labute approximate surface area is 190 Å². The minimum Gasteiger partial charge on any atom is -0.493 e. The number of aryl methyl sites for hydroxylation is 3. The third-order valence-corrected chi connectivity index (χ3v) is 5.63. The molecule has 4 aromatic rings. The van der Waals surface area contributed by atoms with Crippen molar-refractivity contribution in [3.63, 3.8) is 0 Å². The molecule has 2 N–H and O–H groups in total. The number of imidazole rings is 1. The van der Waals surface area contributed by atoms with Crippen LogP contribution in [0.4, 0.5) is 11.4 Å². The second-order valence-electron chi connectivity index (χ2n) is 7.56. The molecule has 0 aliphatic heterocycles. The van der Waals surface area contributed by atoms with Gasteiger partial charge in [-0.25, -0.2) is 19.1 Å². The number of hydrogen-bond acceptors (Lipinski definition) is 7. The molecule has 0 saturated heterocycles. The number of hydrogen-bond donors (Lipinski definition) is 2. The number of para-hydroxylation sites is 1. The molecule has 0 amide bonds. The van der Waals surface area contributed by atoms with Crippen molar-refractivity contribution in [2.45, 2.75) is 13.3 Å². The Morgan fingerprint density at radius 2 is 1.76 bits per heavy atom. The normalized spacial score (nSPS) is 11.5. The van der Waals surface area contributed by atoms with Crippen molar-refractivity contribution in [1.82, 2.24) is 18.7 Å². The number of aliphatic imine (C=N–C) groups is 1. The van der Waals surface area contributed by atoms with Crippen LogP contribution >= 0.6 is 0 Å². The van der Waals surface area contributed by atoms with Crippen molar-refractivity contribution in [3.8, 4) is 11.6 Å². The summed E-state index contributed by atoms with van der Waals surface area (Å²) in [4.78, 5) is 54.4. The van der Waals surface area contributed by atoms with Gasteiger partial charge in [-0.2, -0.15) is 0 Å². The minimum absolute atomic E-state index is 0.135. The van der Waals surface area contributed by atoms with Crippen LogP contribution < -0.4 is 16.9 Å². The van der Waals surface area contributed by atoms with Gasteiger partial charge in [0.25, 0.3) is 11.2 Å². The van der Waals surface area contributed by atoms with E-state index in [1.807, 2.05) is 6.92 Å². The first-order chi connectivity index (χ1) is 16.1. The molecule has 0 spiro atoms. The summed E-state index contributed by atoms with van der Waals surface area (Å²) in [7, 11) is 3.01. The van der Waals surface area contributed by atoms with E-state index < -0.39 is 27.7 Å². The first-order valence-electron chi connectivity index (χ1n) is 10.2. The lowest BCUT2D eigenvalue weighted by atomic mass is 10.1. The highest BCUT2D eigenvalue weighted by atomic mass is 16.6. The molecule has 12 nitrogen and oxygen atoms in total. The fourth-order valence-electron chi connectivity index (χ4n) is 3.81. The smallest absolute Gasteiger partial charge is 0.335 e. The van der Waals surface area contributed by atoms with E-state index in [9.17, 15) is 29.6 Å². The largest absolute Gasteiger partial charge is 0.493 e. The molecule has 0 atom stereocenters. The van der Waals surface area contributed by atoms with E-state index >= 15 is 0 Å². The number of H-pyrrole nitrogens is 1. The molecule has 2 aromatic heterocycles. The number of nitrogens with one attached hydrogen (secondary N) is 1. The van der Waals surface area contributed by atoms with Gasteiger partial charge in [0.15, 0.2) is 0 Å². The van der Waals surface area contributed by atoms with E-state index in [0.717, 1.165) is 16.3 Å². The van der Waals surface area contributed by atoms with Gasteiger partial charge in [0.2, 0.25) is 5.88 Å². The summed E-state index contributed by atoms with van der Waals surface area (Å²) in [6, 6.07) is 9.42. The number of nitro groups is 1. The van der Waals surface area contributed by atoms with Gasteiger partial charge in [0.05, 0.1) is 21.6 Å². The molecule has 2 heterocycles. The number of benzene rings is 2. The van der Waals surface area contributed by atoms with Crippen LogP contribution in [-0.2, 0) is 20.5 Å². The zero-order valence-corrected chi connectivity index (χ0v) is 18.5. The highest BCUT2D eigenvalue weighted by molar-refractivity contribution is 5.89. The van der Waals surface area contributed by atoms with Gasteiger partial charge >= 0.3 is 11.4 Å². The van der Waals surface area contributed by atoms with Gasteiger partial charge in [-0.05, 0) is 24.1 Å². The number of rotatable bonds is 5. The Kier molecular flexibility index (Phi) is 5.49. The van der Waals surface area contributed by atoms with Gasteiger partial charge in [0, 0.05) is 26.4 Å². The molecule has 34 heavy (non-hydrogen) atoms. The Hall–Kier alpha value is -4.74. The van der Waals surface area contributed by atoms with Gasteiger partial charge < -0.3 is 5.11 Å². The number of aromatic amines is 1. The molecule has 4 rings (SSSR count). The second-order valence-corrected chi connectivity index (χ2v) is 7.56. The lowest BCUT2D eigenvalue weighted by Gasteiger charge is -2.13. The summed E-state index contributed by atoms with van der Waals surface area (Å²) in [5, 5.41) is 22.4. The summed E-state index contributed by atoms with van der Waals surface area (Å²) >= 11 is 0. The Morgan fingerprint density at radius 3 is 2.41 bits per heavy atom. The third kappa shape index (κ3) is 3.50. The van der Waals surface area contributed by atoms with Crippen LogP contribution in [0.25, 0.3) is 16.7 Å². The predicted octanol–water partition coefficient (Wildman–Crippen LogP) is 1.64. The number of fused-ring (bicyclic) bond motifs is 1. The van der Waals surface area contributed by atoms with Gasteiger partial charge in [0.1, 0.15) is 11.3 Å². The molecule has 2 aromatic carbocycles. The molecule has 0 fully saturated rings. The molecule has 12 heteroatoms. The maximum atomic E-state index is 12.5. The van der Waals surface area contributed by atoms with Crippen molar-refractivity contribution >= 4 is 28.6 Å². The van der Waals surface area contributed by atoms with E-state index in [2.05, 4.69) is 9.98 Å². The van der Waals surface area contributed by atoms with Gasteiger partial charge in [-0.3, -0.25) is 29.0 Å². The molecular formula is C22H20N6O6. The monoisotopic (exact) mass is 464 g/mol. The molecule has 0 aliphatic rings. The lowest BCUT2D eigenvalue weighted by Crippen LogP contribution is -2.31. The number of aromatic nitrogens is 4. The summed E-state index contributed by atoms with van der Waals surface area (Å²) in [6.07, 6.45) is 1.51. The predicted molar refractivity (Wildman–Crippen MR) is 126 cm³/mol. The minimum atomic E-state index is -0.910. The number of nitrogens with zero attached hydrogens (tertiary/aromatic N) is 5. The van der Waals surface area contributed by atoms with Crippen LogP contribution in [0.2, 0.25) is 0 Å². The summed E-state index contributed by atoms with van der Waals surface area (Å²) < 4.78 is 3.53. The van der Waals surface area contributed by atoms with Crippen molar-refractivity contribution in [1.29, 1.82) is 0 Å². The van der Waals surface area contributed by atoms with E-state index in [-0.39, 0.29) is 16.9 Å². The fraction of sp³-hybridized carbons (Fsp3) is 0.182. The highest BCUT2D eigenvalue weighted by Gasteiger charge is 2.20. The molecule has 0 saturated carbocycles. The van der Waals surface area contributed by atoms with Crippen molar-refractivity contribution < 1.29 is 10.0 Å². The summed E-state index contributed by atoms with van der Waals surface area (Å²) in [5.41, 5.74) is -1.16. The van der Waals surface area contributed by atoms with Crippen LogP contribution in [0.15, 0.2) is 55.8 Å². The standard InChI is InChI=1S/C22H20N6O6/c1-4-12-7-5-6-8-15(12)27-20(30)13(19(29)24-21(27)31)11-23-14-9-17-18(10-16(14)28(33)34)26(3)22(32)25(17)2/h5-11,30H,4H2,1-3H3,(H,24,29,31). The van der Waals surface area contributed by atoms with E-state index in [0.29, 0.717) is 23.1 Å². The fourth-order valence-corrected chi connectivity index (χ4v) is 3.81. The molecule has 0 aliphatic carbocycles. The van der Waals surface area contributed by atoms with Crippen LogP contribution in [-0.4, -0.2) is 34.9 Å². The Bertz CT molecular complexity index is 1670. The summed E-state index contributed by atoms with van der Waals surface area (Å²) in [5.74, 6) is -0.658. The molecular weight excluding hydrogens is 444 g/mol. The first kappa shape index (κ1) is 22.5. The van der Waals surface area contributed by atoms with Crippen molar-refractivity contribution in [2.75, 3.05) is 0 Å². The Morgan fingerprint density at radius 1 is 1.12 bits per heavy atom. The van der Waals surface area contributed by atoms with Crippen LogP contribution in [0.5, 0.6) is 5.88 Å². The molecule has 174 valence electrons. The van der Waals surface area contributed by atoms with E-state index in [1.54, 1.807) is 24.3 Å². The van der Waals surface area contributed by atoms with E-state index in [1.165, 1.54) is 35.4 Å². The number of aromatic hydroxyl groups is 1. The van der Waals surface area contributed by atoms with Gasteiger partial charge in [-0.15, -0.1) is 0 Å². The molecule has 0 bridgehead atoms. The third-order valence-electron chi connectivity index (χ3n) is 5.63. The lowest BCUT2D eigenvalue weighted by molar-refractivity contribution is -0.383. The molecule has 0 unspecified atom stereocenters. The SMILES string of the molecule is CCc1ccccc1-n1c(O)c(C=Nc2cc3c(cc2[N+](=O)[O-])n(C)c(=O)n3C)c(=O)[nH]c1=O. The van der Waals surface area contributed by atoms with Crippen molar-refractivity contribution in [3.05, 3.63) is 89.0 Å². The quantitative estimate of drug-likeness (QED) is 0.260. The maximum absolute atomic E-state index is 12.5. The molecule has 0 radical (unpaired) electrons. The first-order valence-corrected chi connectivity index (χ1v) is 10.2. The second kappa shape index (κ2) is 8.31. The van der Waals surface area contributed by atoms with Gasteiger partial charge in [-0.1, -0.05) is 25.1 Å². The highest BCUT2D eigenvalue weighted by Crippen LogP contribution is 2.32. The summed E-state index contributed by atoms with van der Waals surface area (Å²) in [6.45, 7) is 1.88. The Balaban J connectivity index is 1.93. The van der Waals surface area contributed by atoms with Crippen LogP contribution in [0, 0.1) is 10.1 Å². The number of nitro benzene ring substituents is 1. The van der Waals surface area contributed by atoms with Crippen LogP contribution in [0.3, 0.4) is 0 Å². The average Bonchev–Trinajstić information content (AvgIpc) is 3.01. The van der Waals surface area contributed by atoms with E-state index in [4.69, 9.17) is 0 Å².